The molecule has 1 aromatic heterocycles. The molecule has 0 radical (unpaired) electrons. The maximum absolute atomic E-state index is 5.86. The zero-order valence-electron chi connectivity index (χ0n) is 7.12. The van der Waals surface area contributed by atoms with Gasteiger partial charge in [-0.05, 0) is 25.1 Å². The number of thiazole rings is 1. The van der Waals surface area contributed by atoms with Crippen molar-refractivity contribution in [3.8, 4) is 0 Å². The number of hydrogen-bond donors (Lipinski definition) is 1. The van der Waals surface area contributed by atoms with Crippen molar-refractivity contribution in [2.24, 2.45) is 5.73 Å². The zero-order valence-corrected chi connectivity index (χ0v) is 8.69. The average molecular weight is 213 g/mol. The van der Waals surface area contributed by atoms with Crippen LogP contribution < -0.4 is 5.73 Å². The van der Waals surface area contributed by atoms with Crippen molar-refractivity contribution >= 4 is 33.2 Å². The molecule has 0 amide bonds. The van der Waals surface area contributed by atoms with E-state index < -0.39 is 0 Å². The van der Waals surface area contributed by atoms with Crippen LogP contribution in [0.15, 0.2) is 18.2 Å². The molecule has 0 aliphatic carbocycles. The number of halogens is 1. The summed E-state index contributed by atoms with van der Waals surface area (Å²) >= 11 is 7.45. The summed E-state index contributed by atoms with van der Waals surface area (Å²) in [6.07, 6.45) is 0. The summed E-state index contributed by atoms with van der Waals surface area (Å²) in [5, 5.41) is 1.70. The van der Waals surface area contributed by atoms with E-state index in [9.17, 15) is 0 Å². The molecule has 0 spiro atoms. The maximum Gasteiger partial charge on any atom is 0.110 e. The Morgan fingerprint density at radius 2 is 2.31 bits per heavy atom. The molecule has 0 bridgehead atoms. The van der Waals surface area contributed by atoms with E-state index in [4.69, 9.17) is 17.3 Å². The second kappa shape index (κ2) is 3.25. The topological polar surface area (TPSA) is 38.9 Å². The first-order valence-electron chi connectivity index (χ1n) is 3.98. The molecule has 1 atom stereocenters. The smallest absolute Gasteiger partial charge is 0.110 e. The highest BCUT2D eigenvalue weighted by atomic mass is 35.5. The van der Waals surface area contributed by atoms with Gasteiger partial charge in [-0.3, -0.25) is 0 Å². The number of nitrogens with two attached hydrogens (primary N) is 1. The number of fused-ring (bicyclic) bond motifs is 1. The van der Waals surface area contributed by atoms with Crippen LogP contribution in [0.3, 0.4) is 0 Å². The summed E-state index contributed by atoms with van der Waals surface area (Å²) in [7, 11) is 0. The van der Waals surface area contributed by atoms with Gasteiger partial charge in [-0.25, -0.2) is 4.98 Å². The Kier molecular flexibility index (Phi) is 2.24. The van der Waals surface area contributed by atoms with Crippen molar-refractivity contribution in [3.63, 3.8) is 0 Å². The lowest BCUT2D eigenvalue weighted by atomic mass is 10.3. The van der Waals surface area contributed by atoms with Gasteiger partial charge in [0.05, 0.1) is 16.3 Å². The van der Waals surface area contributed by atoms with Gasteiger partial charge >= 0.3 is 0 Å². The highest BCUT2D eigenvalue weighted by molar-refractivity contribution is 7.18. The van der Waals surface area contributed by atoms with Crippen LogP contribution in [0.1, 0.15) is 18.0 Å². The molecule has 0 aliphatic rings. The standard InChI is InChI=1S/C9H9ClN2S/c1-5(11)9-12-7-3-2-6(10)4-8(7)13-9/h2-5H,11H2,1H3. The predicted molar refractivity (Wildman–Crippen MR) is 57.2 cm³/mol. The van der Waals surface area contributed by atoms with Gasteiger partial charge in [0.1, 0.15) is 5.01 Å². The third kappa shape index (κ3) is 1.68. The lowest BCUT2D eigenvalue weighted by Crippen LogP contribution is -2.03. The van der Waals surface area contributed by atoms with E-state index in [0.717, 1.165) is 20.2 Å². The van der Waals surface area contributed by atoms with Crippen LogP contribution in [0.5, 0.6) is 0 Å². The minimum absolute atomic E-state index is 0.00354. The van der Waals surface area contributed by atoms with Gasteiger partial charge < -0.3 is 5.73 Å². The molecule has 1 aromatic carbocycles. The Hall–Kier alpha value is -0.640. The van der Waals surface area contributed by atoms with Crippen LogP contribution in [-0.2, 0) is 0 Å². The molecule has 0 fully saturated rings. The Morgan fingerprint density at radius 1 is 1.54 bits per heavy atom. The average Bonchev–Trinajstić information content (AvgIpc) is 2.46. The Bertz CT molecular complexity index is 436. The summed E-state index contributed by atoms with van der Waals surface area (Å²) in [4.78, 5) is 4.39. The van der Waals surface area contributed by atoms with E-state index in [0.29, 0.717) is 0 Å². The number of aromatic nitrogens is 1. The van der Waals surface area contributed by atoms with Gasteiger partial charge in [-0.15, -0.1) is 11.3 Å². The fourth-order valence-electron chi connectivity index (χ4n) is 1.11. The van der Waals surface area contributed by atoms with Gasteiger partial charge in [0, 0.05) is 5.02 Å². The molecular weight excluding hydrogens is 204 g/mol. The van der Waals surface area contributed by atoms with Crippen molar-refractivity contribution in [2.75, 3.05) is 0 Å². The highest BCUT2D eigenvalue weighted by Gasteiger charge is 2.07. The minimum Gasteiger partial charge on any atom is -0.322 e. The normalized spacial score (nSPS) is 13.5. The number of rotatable bonds is 1. The van der Waals surface area contributed by atoms with E-state index in [2.05, 4.69) is 4.98 Å². The van der Waals surface area contributed by atoms with Gasteiger partial charge in [-0.1, -0.05) is 11.6 Å². The molecule has 13 heavy (non-hydrogen) atoms. The maximum atomic E-state index is 5.86. The largest absolute Gasteiger partial charge is 0.322 e. The summed E-state index contributed by atoms with van der Waals surface area (Å²) < 4.78 is 1.10. The zero-order chi connectivity index (χ0) is 9.42. The summed E-state index contributed by atoms with van der Waals surface area (Å²) in [5.74, 6) is 0. The fraction of sp³-hybridized carbons (Fsp3) is 0.222. The molecule has 0 aliphatic heterocycles. The minimum atomic E-state index is -0.00354. The van der Waals surface area contributed by atoms with Gasteiger partial charge in [0.15, 0.2) is 0 Å². The second-order valence-electron chi connectivity index (χ2n) is 2.95. The third-order valence-corrected chi connectivity index (χ3v) is 3.21. The Morgan fingerprint density at radius 3 is 3.00 bits per heavy atom. The Balaban J connectivity index is 2.62. The highest BCUT2D eigenvalue weighted by Crippen LogP contribution is 2.27. The molecule has 2 N–H and O–H groups in total. The lowest BCUT2D eigenvalue weighted by Gasteiger charge is -1.95. The van der Waals surface area contributed by atoms with Crippen molar-refractivity contribution in [1.82, 2.24) is 4.98 Å². The molecule has 0 saturated carbocycles. The van der Waals surface area contributed by atoms with Gasteiger partial charge in [-0.2, -0.15) is 0 Å². The van der Waals surface area contributed by atoms with Crippen LogP contribution in [-0.4, -0.2) is 4.98 Å². The summed E-state index contributed by atoms with van der Waals surface area (Å²) in [6.45, 7) is 1.93. The second-order valence-corrected chi connectivity index (χ2v) is 4.45. The van der Waals surface area contributed by atoms with E-state index in [1.165, 1.54) is 0 Å². The molecule has 2 nitrogen and oxygen atoms in total. The monoisotopic (exact) mass is 212 g/mol. The van der Waals surface area contributed by atoms with Gasteiger partial charge in [0.25, 0.3) is 0 Å². The first-order chi connectivity index (χ1) is 6.16. The molecule has 2 aromatic rings. The lowest BCUT2D eigenvalue weighted by molar-refractivity contribution is 0.810. The summed E-state index contributed by atoms with van der Waals surface area (Å²) in [5.41, 5.74) is 6.70. The quantitative estimate of drug-likeness (QED) is 0.790. The molecule has 4 heteroatoms. The van der Waals surface area contributed by atoms with Crippen LogP contribution in [0.2, 0.25) is 5.02 Å². The molecular formula is C9H9ClN2S. The molecule has 1 heterocycles. The Labute approximate surface area is 85.3 Å². The van der Waals surface area contributed by atoms with E-state index in [1.807, 2.05) is 25.1 Å². The predicted octanol–water partition coefficient (Wildman–Crippen LogP) is 2.97. The first-order valence-corrected chi connectivity index (χ1v) is 5.18. The van der Waals surface area contributed by atoms with Crippen LogP contribution >= 0.6 is 22.9 Å². The van der Waals surface area contributed by atoms with Crippen LogP contribution in [0, 0.1) is 0 Å². The molecule has 1 unspecified atom stereocenters. The third-order valence-electron chi connectivity index (χ3n) is 1.76. The van der Waals surface area contributed by atoms with Crippen LogP contribution in [0.4, 0.5) is 0 Å². The first kappa shape index (κ1) is 8.94. The number of benzene rings is 1. The SMILES string of the molecule is CC(N)c1nc2ccc(Cl)cc2s1. The van der Waals surface area contributed by atoms with Crippen molar-refractivity contribution in [1.29, 1.82) is 0 Å². The van der Waals surface area contributed by atoms with Crippen molar-refractivity contribution < 1.29 is 0 Å². The molecule has 68 valence electrons. The van der Waals surface area contributed by atoms with Crippen LogP contribution in [0.25, 0.3) is 10.2 Å². The number of nitrogens with zero attached hydrogens (tertiary/aromatic N) is 1. The van der Waals surface area contributed by atoms with Crippen molar-refractivity contribution in [3.05, 3.63) is 28.2 Å². The van der Waals surface area contributed by atoms with E-state index in [-0.39, 0.29) is 6.04 Å². The summed E-state index contributed by atoms with van der Waals surface area (Å²) in [6, 6.07) is 5.67. The van der Waals surface area contributed by atoms with Gasteiger partial charge in [0.2, 0.25) is 0 Å². The fourth-order valence-corrected chi connectivity index (χ4v) is 2.31. The van der Waals surface area contributed by atoms with E-state index >= 15 is 0 Å². The molecule has 2 rings (SSSR count). The number of hydrogen-bond acceptors (Lipinski definition) is 3. The van der Waals surface area contributed by atoms with Crippen molar-refractivity contribution in [2.45, 2.75) is 13.0 Å². The van der Waals surface area contributed by atoms with E-state index in [1.54, 1.807) is 11.3 Å². The molecule has 0 saturated heterocycles.